The van der Waals surface area contributed by atoms with Gasteiger partial charge in [0.25, 0.3) is 0 Å². The minimum Gasteiger partial charge on any atom is -0.497 e. The summed E-state index contributed by atoms with van der Waals surface area (Å²) < 4.78 is 5.24. The molecule has 3 rings (SSSR count). The van der Waals surface area contributed by atoms with Gasteiger partial charge in [0.1, 0.15) is 5.75 Å². The lowest BCUT2D eigenvalue weighted by atomic mass is 9.95. The Morgan fingerprint density at radius 2 is 1.78 bits per heavy atom. The maximum Gasteiger partial charge on any atom is 0.239 e. The summed E-state index contributed by atoms with van der Waals surface area (Å²) in [7, 11) is 1.65. The van der Waals surface area contributed by atoms with Crippen LogP contribution >= 0.6 is 0 Å². The van der Waals surface area contributed by atoms with E-state index in [4.69, 9.17) is 4.74 Å². The summed E-state index contributed by atoms with van der Waals surface area (Å²) in [6, 6.07) is 12.1. The van der Waals surface area contributed by atoms with E-state index < -0.39 is 0 Å². The molecule has 0 radical (unpaired) electrons. The molecule has 1 saturated carbocycles. The Morgan fingerprint density at radius 1 is 1.07 bits per heavy atom. The van der Waals surface area contributed by atoms with Crippen LogP contribution in [-0.4, -0.2) is 31.5 Å². The van der Waals surface area contributed by atoms with E-state index in [2.05, 4.69) is 10.6 Å². The molecule has 0 unspecified atom stereocenters. The van der Waals surface area contributed by atoms with Gasteiger partial charge in [-0.3, -0.25) is 9.59 Å². The molecule has 5 heteroatoms. The third-order valence-corrected chi connectivity index (χ3v) is 5.36. The van der Waals surface area contributed by atoms with E-state index in [-0.39, 0.29) is 30.3 Å². The molecule has 0 bridgehead atoms. The number of carbonyl (C=O) groups excluding carboxylic acids is 2. The lowest BCUT2D eigenvalue weighted by molar-refractivity contribution is -0.127. The smallest absolute Gasteiger partial charge is 0.239 e. The fourth-order valence-electron chi connectivity index (χ4n) is 3.64. The molecule has 1 fully saturated rings. The fourth-order valence-corrected chi connectivity index (χ4v) is 3.64. The van der Waals surface area contributed by atoms with Crippen molar-refractivity contribution < 1.29 is 14.3 Å². The van der Waals surface area contributed by atoms with Crippen LogP contribution in [-0.2, 0) is 9.59 Å². The van der Waals surface area contributed by atoms with Crippen LogP contribution < -0.4 is 15.4 Å². The first-order valence-corrected chi connectivity index (χ1v) is 9.71. The van der Waals surface area contributed by atoms with Gasteiger partial charge >= 0.3 is 0 Å². The number of fused-ring (bicyclic) bond motifs is 1. The number of rotatable bonds is 6. The van der Waals surface area contributed by atoms with E-state index in [1.165, 1.54) is 19.3 Å². The molecule has 0 aromatic heterocycles. The van der Waals surface area contributed by atoms with E-state index in [9.17, 15) is 9.59 Å². The zero-order valence-corrected chi connectivity index (χ0v) is 16.1. The Balaban J connectivity index is 1.56. The molecule has 0 aliphatic heterocycles. The fraction of sp³-hybridized carbons (Fsp3) is 0.455. The van der Waals surface area contributed by atoms with Crippen LogP contribution in [0.4, 0.5) is 0 Å². The summed E-state index contributed by atoms with van der Waals surface area (Å²) >= 11 is 0. The summed E-state index contributed by atoms with van der Waals surface area (Å²) in [5, 5.41) is 7.91. The standard InChI is InChI=1S/C22H28N2O3/c1-15(16-8-9-18-13-20(27-2)11-10-17(18)12-16)22(26)23-14-21(25)24-19-6-4-3-5-7-19/h8-13,15,19H,3-7,14H2,1-2H3,(H,23,26)(H,24,25)/t15-/m0/s1. The summed E-state index contributed by atoms with van der Waals surface area (Å²) in [5.74, 6) is 0.249. The molecule has 2 aromatic rings. The van der Waals surface area contributed by atoms with Crippen molar-refractivity contribution in [1.82, 2.24) is 10.6 Å². The Hall–Kier alpha value is -2.56. The number of hydrogen-bond donors (Lipinski definition) is 2. The zero-order valence-electron chi connectivity index (χ0n) is 16.1. The molecule has 1 atom stereocenters. The van der Waals surface area contributed by atoms with E-state index >= 15 is 0 Å². The van der Waals surface area contributed by atoms with Gasteiger partial charge in [0, 0.05) is 6.04 Å². The van der Waals surface area contributed by atoms with E-state index in [0.717, 1.165) is 34.9 Å². The Kier molecular flexibility index (Phi) is 6.32. The van der Waals surface area contributed by atoms with E-state index in [1.807, 2.05) is 43.3 Å². The molecule has 2 aromatic carbocycles. The largest absolute Gasteiger partial charge is 0.497 e. The Bertz CT molecular complexity index is 812. The third-order valence-electron chi connectivity index (χ3n) is 5.36. The summed E-state index contributed by atoms with van der Waals surface area (Å²) in [5.41, 5.74) is 0.929. The van der Waals surface area contributed by atoms with Gasteiger partial charge in [-0.1, -0.05) is 43.5 Å². The average molecular weight is 368 g/mol. The van der Waals surface area contributed by atoms with Crippen LogP contribution in [0.1, 0.15) is 50.5 Å². The lowest BCUT2D eigenvalue weighted by Crippen LogP contribution is -2.43. The van der Waals surface area contributed by atoms with Gasteiger partial charge in [0.15, 0.2) is 0 Å². The summed E-state index contributed by atoms with van der Waals surface area (Å²) in [6.45, 7) is 1.89. The highest BCUT2D eigenvalue weighted by Crippen LogP contribution is 2.25. The first-order valence-electron chi connectivity index (χ1n) is 9.71. The Labute approximate surface area is 160 Å². The molecular weight excluding hydrogens is 340 g/mol. The van der Waals surface area contributed by atoms with Crippen LogP contribution in [0.2, 0.25) is 0 Å². The SMILES string of the molecule is COc1ccc2cc([C@H](C)C(=O)NCC(=O)NC3CCCCC3)ccc2c1. The number of ether oxygens (including phenoxy) is 1. The molecule has 27 heavy (non-hydrogen) atoms. The lowest BCUT2D eigenvalue weighted by Gasteiger charge is -2.23. The highest BCUT2D eigenvalue weighted by atomic mass is 16.5. The quantitative estimate of drug-likeness (QED) is 0.820. The number of hydrogen-bond acceptors (Lipinski definition) is 3. The summed E-state index contributed by atoms with van der Waals surface area (Å²) in [6.07, 6.45) is 5.67. The maximum atomic E-state index is 12.5. The van der Waals surface area contributed by atoms with E-state index in [1.54, 1.807) is 7.11 Å². The predicted octanol–water partition coefficient (Wildman–Crippen LogP) is 3.52. The van der Waals surface area contributed by atoms with Crippen molar-refractivity contribution in [3.63, 3.8) is 0 Å². The molecule has 0 spiro atoms. The molecular formula is C22H28N2O3. The minimum absolute atomic E-state index is 0.0322. The van der Waals surface area contributed by atoms with Gasteiger partial charge in [0.05, 0.1) is 19.6 Å². The van der Waals surface area contributed by atoms with Crippen molar-refractivity contribution in [2.24, 2.45) is 0 Å². The normalized spacial score (nSPS) is 15.9. The molecule has 2 amide bonds. The molecule has 5 nitrogen and oxygen atoms in total. The first kappa shape index (κ1) is 19.2. The van der Waals surface area contributed by atoms with E-state index in [0.29, 0.717) is 0 Å². The van der Waals surface area contributed by atoms with Crippen molar-refractivity contribution in [1.29, 1.82) is 0 Å². The highest BCUT2D eigenvalue weighted by molar-refractivity contribution is 5.90. The van der Waals surface area contributed by atoms with Gasteiger partial charge in [-0.2, -0.15) is 0 Å². The highest BCUT2D eigenvalue weighted by Gasteiger charge is 2.19. The Morgan fingerprint density at radius 3 is 2.52 bits per heavy atom. The number of amides is 2. The van der Waals surface area contributed by atoms with Crippen LogP contribution in [0.3, 0.4) is 0 Å². The van der Waals surface area contributed by atoms with Crippen LogP contribution in [0, 0.1) is 0 Å². The zero-order chi connectivity index (χ0) is 19.2. The van der Waals surface area contributed by atoms with Crippen molar-refractivity contribution >= 4 is 22.6 Å². The molecule has 0 saturated heterocycles. The number of benzene rings is 2. The van der Waals surface area contributed by atoms with Gasteiger partial charge in [-0.25, -0.2) is 0 Å². The maximum absolute atomic E-state index is 12.5. The number of methoxy groups -OCH3 is 1. The second kappa shape index (κ2) is 8.89. The van der Waals surface area contributed by atoms with Gasteiger partial charge in [-0.15, -0.1) is 0 Å². The van der Waals surface area contributed by atoms with Gasteiger partial charge in [0.2, 0.25) is 11.8 Å². The van der Waals surface area contributed by atoms with Crippen LogP contribution in [0.25, 0.3) is 10.8 Å². The second-order valence-electron chi connectivity index (χ2n) is 7.31. The predicted molar refractivity (Wildman–Crippen MR) is 107 cm³/mol. The number of carbonyl (C=O) groups is 2. The monoisotopic (exact) mass is 368 g/mol. The second-order valence-corrected chi connectivity index (χ2v) is 7.31. The van der Waals surface area contributed by atoms with Crippen molar-refractivity contribution in [3.8, 4) is 5.75 Å². The molecule has 0 heterocycles. The van der Waals surface area contributed by atoms with Gasteiger partial charge < -0.3 is 15.4 Å². The third kappa shape index (κ3) is 5.00. The minimum atomic E-state index is -0.320. The van der Waals surface area contributed by atoms with Crippen molar-refractivity contribution in [2.45, 2.75) is 51.0 Å². The molecule has 1 aliphatic rings. The van der Waals surface area contributed by atoms with Crippen molar-refractivity contribution in [3.05, 3.63) is 42.0 Å². The molecule has 2 N–H and O–H groups in total. The number of nitrogens with one attached hydrogen (secondary N) is 2. The van der Waals surface area contributed by atoms with Crippen LogP contribution in [0.5, 0.6) is 5.75 Å². The van der Waals surface area contributed by atoms with Crippen molar-refractivity contribution in [2.75, 3.05) is 13.7 Å². The first-order chi connectivity index (χ1) is 13.1. The van der Waals surface area contributed by atoms with Crippen LogP contribution in [0.15, 0.2) is 36.4 Å². The molecule has 144 valence electrons. The molecule has 1 aliphatic carbocycles. The summed E-state index contributed by atoms with van der Waals surface area (Å²) in [4.78, 5) is 24.5. The topological polar surface area (TPSA) is 67.4 Å². The average Bonchev–Trinajstić information content (AvgIpc) is 2.71. The van der Waals surface area contributed by atoms with Gasteiger partial charge in [-0.05, 0) is 48.2 Å².